The number of carbonyl (C=O) groups excluding carboxylic acids is 1. The predicted octanol–water partition coefficient (Wildman–Crippen LogP) is 0.126. The first-order valence-corrected chi connectivity index (χ1v) is 7.92. The molecule has 0 saturated carbocycles. The number of aromatic nitrogens is 3. The molecule has 8 nitrogen and oxygen atoms in total. The molecule has 0 radical (unpaired) electrons. The summed E-state index contributed by atoms with van der Waals surface area (Å²) < 4.78 is 1.58. The van der Waals surface area contributed by atoms with Crippen molar-refractivity contribution in [2.75, 3.05) is 33.2 Å². The summed E-state index contributed by atoms with van der Waals surface area (Å²) in [5, 5.41) is 13.9. The first-order chi connectivity index (χ1) is 11.4. The standard InChI is InChI=1S/C16H19N5O3/c1-10-3-17-13-12(4-18-21(13)5-10)14(22)20-7-11-6-19(2)8-16(11,9-20)15(23)24/h3-5,11H,6-9H2,1-2H3,(H,23,24)/t11-,16-/m0/s1. The van der Waals surface area contributed by atoms with Crippen LogP contribution in [-0.4, -0.2) is 74.6 Å². The minimum atomic E-state index is -0.864. The Hall–Kier alpha value is -2.48. The maximum Gasteiger partial charge on any atom is 0.313 e. The van der Waals surface area contributed by atoms with Gasteiger partial charge in [-0.2, -0.15) is 5.10 Å². The van der Waals surface area contributed by atoms with Crippen LogP contribution in [0.2, 0.25) is 0 Å². The molecule has 2 aliphatic heterocycles. The van der Waals surface area contributed by atoms with Crippen LogP contribution in [0.25, 0.3) is 5.65 Å². The average Bonchev–Trinajstić information content (AvgIpc) is 3.16. The van der Waals surface area contributed by atoms with Gasteiger partial charge in [0.25, 0.3) is 5.91 Å². The van der Waals surface area contributed by atoms with Crippen LogP contribution >= 0.6 is 0 Å². The SMILES string of the molecule is Cc1cnc2c(C(=O)N3C[C@@H]4CN(C)C[C@]4(C(=O)O)C3)cnn2c1. The lowest BCUT2D eigenvalue weighted by atomic mass is 9.81. The average molecular weight is 329 g/mol. The lowest BCUT2D eigenvalue weighted by molar-refractivity contribution is -0.148. The molecule has 2 saturated heterocycles. The third kappa shape index (κ3) is 2.02. The number of likely N-dealkylation sites (tertiary alicyclic amines) is 2. The Labute approximate surface area is 138 Å². The molecule has 4 rings (SSSR count). The maximum atomic E-state index is 12.9. The van der Waals surface area contributed by atoms with Gasteiger partial charge in [-0.3, -0.25) is 9.59 Å². The Balaban J connectivity index is 1.65. The number of amides is 1. The molecule has 0 aromatic carbocycles. The van der Waals surface area contributed by atoms with E-state index in [1.54, 1.807) is 15.6 Å². The quantitative estimate of drug-likeness (QED) is 0.842. The van der Waals surface area contributed by atoms with Crippen LogP contribution in [0.15, 0.2) is 18.6 Å². The van der Waals surface area contributed by atoms with Crippen molar-refractivity contribution in [3.63, 3.8) is 0 Å². The van der Waals surface area contributed by atoms with Gasteiger partial charge in [-0.1, -0.05) is 0 Å². The highest BCUT2D eigenvalue weighted by molar-refractivity contribution is 6.00. The predicted molar refractivity (Wildman–Crippen MR) is 84.7 cm³/mol. The lowest BCUT2D eigenvalue weighted by Crippen LogP contribution is -2.41. The van der Waals surface area contributed by atoms with E-state index in [0.29, 0.717) is 30.8 Å². The van der Waals surface area contributed by atoms with E-state index >= 15 is 0 Å². The second kappa shape index (κ2) is 5.01. The van der Waals surface area contributed by atoms with E-state index in [4.69, 9.17) is 0 Å². The lowest BCUT2D eigenvalue weighted by Gasteiger charge is -2.23. The van der Waals surface area contributed by atoms with Crippen LogP contribution in [0.3, 0.4) is 0 Å². The second-order valence-electron chi connectivity index (χ2n) is 7.00. The molecule has 0 aliphatic carbocycles. The molecule has 2 fully saturated rings. The summed E-state index contributed by atoms with van der Waals surface area (Å²) >= 11 is 0. The molecule has 0 bridgehead atoms. The first-order valence-electron chi connectivity index (χ1n) is 7.92. The Morgan fingerprint density at radius 3 is 2.79 bits per heavy atom. The largest absolute Gasteiger partial charge is 0.481 e. The van der Waals surface area contributed by atoms with Crippen molar-refractivity contribution in [2.45, 2.75) is 6.92 Å². The van der Waals surface area contributed by atoms with Crippen LogP contribution in [0, 0.1) is 18.3 Å². The molecular formula is C16H19N5O3. The third-order valence-corrected chi connectivity index (χ3v) is 5.21. The Morgan fingerprint density at radius 1 is 1.29 bits per heavy atom. The van der Waals surface area contributed by atoms with Crippen LogP contribution in [0.4, 0.5) is 0 Å². The zero-order chi connectivity index (χ0) is 17.1. The summed E-state index contributed by atoms with van der Waals surface area (Å²) in [6.45, 7) is 3.77. The topological polar surface area (TPSA) is 91.0 Å². The molecule has 2 atom stereocenters. The van der Waals surface area contributed by atoms with Gasteiger partial charge >= 0.3 is 5.97 Å². The molecule has 1 amide bonds. The number of carbonyl (C=O) groups is 2. The molecule has 4 heterocycles. The van der Waals surface area contributed by atoms with Gasteiger partial charge in [0.05, 0.1) is 6.20 Å². The van der Waals surface area contributed by atoms with E-state index in [1.165, 1.54) is 6.20 Å². The van der Waals surface area contributed by atoms with Crippen molar-refractivity contribution in [2.24, 2.45) is 11.3 Å². The van der Waals surface area contributed by atoms with Gasteiger partial charge in [0.2, 0.25) is 0 Å². The number of fused-ring (bicyclic) bond motifs is 2. The fourth-order valence-electron chi connectivity index (χ4n) is 4.06. The summed E-state index contributed by atoms with van der Waals surface area (Å²) in [4.78, 5) is 32.7. The Bertz CT molecular complexity index is 847. The molecular weight excluding hydrogens is 310 g/mol. The molecule has 0 spiro atoms. The van der Waals surface area contributed by atoms with Crippen molar-refractivity contribution in [3.8, 4) is 0 Å². The van der Waals surface area contributed by atoms with Gasteiger partial charge in [-0.25, -0.2) is 9.50 Å². The van der Waals surface area contributed by atoms with Gasteiger partial charge < -0.3 is 14.9 Å². The van der Waals surface area contributed by atoms with Crippen LogP contribution in [0.1, 0.15) is 15.9 Å². The van der Waals surface area contributed by atoms with Gasteiger partial charge in [0.15, 0.2) is 5.65 Å². The minimum absolute atomic E-state index is 0.0407. The number of hydrogen-bond acceptors (Lipinski definition) is 5. The summed E-state index contributed by atoms with van der Waals surface area (Å²) in [6, 6.07) is 0. The van der Waals surface area contributed by atoms with E-state index in [0.717, 1.165) is 5.56 Å². The number of hydrogen-bond donors (Lipinski definition) is 1. The van der Waals surface area contributed by atoms with Crippen molar-refractivity contribution in [3.05, 3.63) is 29.7 Å². The van der Waals surface area contributed by atoms with Crippen molar-refractivity contribution in [1.82, 2.24) is 24.4 Å². The van der Waals surface area contributed by atoms with Crippen molar-refractivity contribution in [1.29, 1.82) is 0 Å². The normalized spacial score (nSPS) is 26.9. The highest BCUT2D eigenvalue weighted by atomic mass is 16.4. The van der Waals surface area contributed by atoms with E-state index in [1.807, 2.05) is 25.1 Å². The zero-order valence-corrected chi connectivity index (χ0v) is 13.6. The summed E-state index contributed by atoms with van der Waals surface area (Å²) in [5.41, 5.74) is 1.01. The van der Waals surface area contributed by atoms with Crippen LogP contribution in [-0.2, 0) is 4.79 Å². The highest BCUT2D eigenvalue weighted by Gasteiger charge is 2.57. The maximum absolute atomic E-state index is 12.9. The van der Waals surface area contributed by atoms with Gasteiger partial charge in [-0.05, 0) is 19.5 Å². The van der Waals surface area contributed by atoms with Gasteiger partial charge in [-0.15, -0.1) is 0 Å². The fraction of sp³-hybridized carbons (Fsp3) is 0.500. The fourth-order valence-corrected chi connectivity index (χ4v) is 4.06. The number of carboxylic acid groups (broad SMARTS) is 1. The zero-order valence-electron chi connectivity index (χ0n) is 13.6. The number of aliphatic carboxylic acids is 1. The molecule has 8 heteroatoms. The molecule has 1 N–H and O–H groups in total. The first kappa shape index (κ1) is 15.1. The smallest absolute Gasteiger partial charge is 0.313 e. The van der Waals surface area contributed by atoms with E-state index in [-0.39, 0.29) is 18.4 Å². The molecule has 126 valence electrons. The molecule has 2 aromatic rings. The van der Waals surface area contributed by atoms with Crippen LogP contribution in [0.5, 0.6) is 0 Å². The molecule has 2 aromatic heterocycles. The van der Waals surface area contributed by atoms with E-state index < -0.39 is 11.4 Å². The number of aryl methyl sites for hydroxylation is 1. The third-order valence-electron chi connectivity index (χ3n) is 5.21. The monoisotopic (exact) mass is 329 g/mol. The van der Waals surface area contributed by atoms with Crippen molar-refractivity contribution < 1.29 is 14.7 Å². The second-order valence-corrected chi connectivity index (χ2v) is 7.00. The Morgan fingerprint density at radius 2 is 2.08 bits per heavy atom. The van der Waals surface area contributed by atoms with E-state index in [2.05, 4.69) is 10.1 Å². The number of nitrogens with zero attached hydrogens (tertiary/aromatic N) is 5. The summed E-state index contributed by atoms with van der Waals surface area (Å²) in [5.74, 6) is -1.05. The van der Waals surface area contributed by atoms with Gasteiger partial charge in [0.1, 0.15) is 11.0 Å². The van der Waals surface area contributed by atoms with E-state index in [9.17, 15) is 14.7 Å². The highest BCUT2D eigenvalue weighted by Crippen LogP contribution is 2.42. The number of carboxylic acids is 1. The molecule has 24 heavy (non-hydrogen) atoms. The summed E-state index contributed by atoms with van der Waals surface area (Å²) in [7, 11) is 1.92. The Kier molecular flexibility index (Phi) is 3.14. The number of rotatable bonds is 2. The van der Waals surface area contributed by atoms with Gasteiger partial charge in [0, 0.05) is 44.5 Å². The van der Waals surface area contributed by atoms with Crippen LogP contribution < -0.4 is 0 Å². The minimum Gasteiger partial charge on any atom is -0.481 e. The molecule has 0 unspecified atom stereocenters. The summed E-state index contributed by atoms with van der Waals surface area (Å²) in [6.07, 6.45) is 5.02. The van der Waals surface area contributed by atoms with Crippen molar-refractivity contribution >= 4 is 17.5 Å². The molecule has 2 aliphatic rings.